The monoisotopic (exact) mass is 411 g/mol. The number of hydrogen-bond donors (Lipinski definition) is 2. The molecule has 1 fully saturated rings. The van der Waals surface area contributed by atoms with Gasteiger partial charge in [0.05, 0.1) is 48.8 Å². The molecule has 0 saturated carbocycles. The average Bonchev–Trinajstić information content (AvgIpc) is 2.68. The molecular formula is C20H21N5O5. The summed E-state index contributed by atoms with van der Waals surface area (Å²) in [5, 5.41) is 21.4. The third-order valence-electron chi connectivity index (χ3n) is 4.75. The number of amides is 2. The molecule has 1 aromatic carbocycles. The molecule has 0 unspecified atom stereocenters. The average molecular weight is 411 g/mol. The van der Waals surface area contributed by atoms with Crippen LogP contribution in [0, 0.1) is 18.3 Å². The van der Waals surface area contributed by atoms with Crippen LogP contribution in [-0.2, 0) is 16.1 Å². The number of carbonyl (C=O) groups is 2. The van der Waals surface area contributed by atoms with E-state index >= 15 is 0 Å². The summed E-state index contributed by atoms with van der Waals surface area (Å²) in [6, 6.07) is 7.81. The minimum atomic E-state index is -0.892. The Balaban J connectivity index is 1.92. The molecule has 0 spiro atoms. The Labute approximate surface area is 172 Å². The number of benzene rings is 1. The van der Waals surface area contributed by atoms with Gasteiger partial charge in [-0.25, -0.2) is 9.78 Å². The van der Waals surface area contributed by atoms with E-state index < -0.39 is 17.3 Å². The molecule has 156 valence electrons. The number of anilines is 1. The molecule has 30 heavy (non-hydrogen) atoms. The maximum atomic E-state index is 12.7. The van der Waals surface area contributed by atoms with Crippen molar-refractivity contribution >= 4 is 17.7 Å². The summed E-state index contributed by atoms with van der Waals surface area (Å²) in [6.45, 7) is 3.50. The number of aliphatic hydroxyl groups is 1. The number of likely N-dealkylation sites (tertiary alicyclic amines) is 1. The number of ether oxygens (including phenoxy) is 1. The van der Waals surface area contributed by atoms with Crippen LogP contribution < -0.4 is 10.9 Å². The number of carbonyl (C=O) groups excluding carboxylic acids is 2. The molecule has 0 atom stereocenters. The minimum absolute atomic E-state index is 0.186. The Morgan fingerprint density at radius 3 is 2.63 bits per heavy atom. The molecule has 10 nitrogen and oxygen atoms in total. The van der Waals surface area contributed by atoms with Crippen molar-refractivity contribution in [3.05, 3.63) is 46.0 Å². The standard InChI is InChI=1S/C20H21N5O5/c1-12-22-16(14-5-4-13(8-21)6-15(14)23-19(28)30-3)7-17(26)25(12)9-18(27)24-10-20(2,29)11-24/h4-7,29H,9-11H2,1-3H3,(H,23,28). The third-order valence-corrected chi connectivity index (χ3v) is 4.75. The SMILES string of the molecule is COC(=O)Nc1cc(C#N)ccc1-c1cc(=O)n(CC(=O)N2CC(C)(O)C2)c(C)n1. The van der Waals surface area contributed by atoms with Crippen LogP contribution in [0.4, 0.5) is 10.5 Å². The second kappa shape index (κ2) is 7.96. The number of hydrogen-bond acceptors (Lipinski definition) is 7. The fourth-order valence-electron chi connectivity index (χ4n) is 3.24. The first-order valence-corrected chi connectivity index (χ1v) is 9.11. The predicted octanol–water partition coefficient (Wildman–Crippen LogP) is 0.862. The maximum absolute atomic E-state index is 12.7. The van der Waals surface area contributed by atoms with Crippen LogP contribution in [0.3, 0.4) is 0 Å². The van der Waals surface area contributed by atoms with E-state index in [0.29, 0.717) is 17.0 Å². The molecule has 2 heterocycles. The van der Waals surface area contributed by atoms with Crippen LogP contribution in [0.2, 0.25) is 0 Å². The third kappa shape index (κ3) is 4.31. The van der Waals surface area contributed by atoms with Crippen molar-refractivity contribution < 1.29 is 19.4 Å². The van der Waals surface area contributed by atoms with Crippen molar-refractivity contribution in [3.63, 3.8) is 0 Å². The van der Waals surface area contributed by atoms with Crippen molar-refractivity contribution in [3.8, 4) is 17.3 Å². The smallest absolute Gasteiger partial charge is 0.411 e. The van der Waals surface area contributed by atoms with Gasteiger partial charge >= 0.3 is 6.09 Å². The number of methoxy groups -OCH3 is 1. The highest BCUT2D eigenvalue weighted by Gasteiger charge is 2.39. The first kappa shape index (κ1) is 21.0. The number of rotatable bonds is 4. The molecule has 2 aromatic rings. The summed E-state index contributed by atoms with van der Waals surface area (Å²) >= 11 is 0. The Hall–Kier alpha value is -3.71. The molecule has 1 aliphatic rings. The van der Waals surface area contributed by atoms with Gasteiger partial charge in [0, 0.05) is 11.6 Å². The van der Waals surface area contributed by atoms with Crippen molar-refractivity contribution in [2.75, 3.05) is 25.5 Å². The van der Waals surface area contributed by atoms with Gasteiger partial charge < -0.3 is 14.7 Å². The molecule has 1 aliphatic heterocycles. The van der Waals surface area contributed by atoms with E-state index in [2.05, 4.69) is 15.0 Å². The highest BCUT2D eigenvalue weighted by atomic mass is 16.5. The topological polar surface area (TPSA) is 138 Å². The van der Waals surface area contributed by atoms with Crippen LogP contribution >= 0.6 is 0 Å². The molecule has 0 bridgehead atoms. The molecule has 3 rings (SSSR count). The summed E-state index contributed by atoms with van der Waals surface area (Å²) < 4.78 is 5.85. The molecule has 2 amide bonds. The molecule has 0 radical (unpaired) electrons. The Bertz CT molecular complexity index is 1110. The van der Waals surface area contributed by atoms with Crippen LogP contribution in [-0.4, -0.2) is 57.4 Å². The maximum Gasteiger partial charge on any atom is 0.411 e. The molecular weight excluding hydrogens is 390 g/mol. The zero-order valence-electron chi connectivity index (χ0n) is 16.8. The van der Waals surface area contributed by atoms with Gasteiger partial charge in [-0.15, -0.1) is 0 Å². The summed E-state index contributed by atoms with van der Waals surface area (Å²) in [5.74, 6) is 0.0270. The van der Waals surface area contributed by atoms with Crippen LogP contribution in [0.15, 0.2) is 29.1 Å². The lowest BCUT2D eigenvalue weighted by atomic mass is 9.97. The van der Waals surface area contributed by atoms with Gasteiger partial charge in [-0.05, 0) is 32.0 Å². The van der Waals surface area contributed by atoms with Crippen molar-refractivity contribution in [1.29, 1.82) is 5.26 Å². The van der Waals surface area contributed by atoms with E-state index in [9.17, 15) is 19.5 Å². The number of aryl methyl sites for hydroxylation is 1. The first-order chi connectivity index (χ1) is 14.1. The zero-order chi connectivity index (χ0) is 22.1. The minimum Gasteiger partial charge on any atom is -0.453 e. The predicted molar refractivity (Wildman–Crippen MR) is 107 cm³/mol. The molecule has 1 saturated heterocycles. The lowest BCUT2D eigenvalue weighted by Gasteiger charge is -2.44. The second-order valence-electron chi connectivity index (χ2n) is 7.35. The van der Waals surface area contributed by atoms with Gasteiger partial charge in [-0.2, -0.15) is 5.26 Å². The molecule has 0 aliphatic carbocycles. The van der Waals surface area contributed by atoms with Crippen molar-refractivity contribution in [2.45, 2.75) is 26.0 Å². The van der Waals surface area contributed by atoms with E-state index in [0.717, 1.165) is 0 Å². The van der Waals surface area contributed by atoms with E-state index in [-0.39, 0.29) is 36.9 Å². The fraction of sp³-hybridized carbons (Fsp3) is 0.350. The lowest BCUT2D eigenvalue weighted by Crippen LogP contribution is -2.62. The summed E-state index contributed by atoms with van der Waals surface area (Å²) in [7, 11) is 1.21. The van der Waals surface area contributed by atoms with E-state index in [1.807, 2.05) is 6.07 Å². The van der Waals surface area contributed by atoms with Gasteiger partial charge in [0.1, 0.15) is 12.4 Å². The first-order valence-electron chi connectivity index (χ1n) is 9.11. The Morgan fingerprint density at radius 2 is 2.07 bits per heavy atom. The van der Waals surface area contributed by atoms with E-state index in [4.69, 9.17) is 5.26 Å². The van der Waals surface area contributed by atoms with E-state index in [1.165, 1.54) is 28.7 Å². The quantitative estimate of drug-likeness (QED) is 0.761. The number of nitrogens with zero attached hydrogens (tertiary/aromatic N) is 4. The van der Waals surface area contributed by atoms with Gasteiger partial charge in [-0.3, -0.25) is 19.5 Å². The largest absolute Gasteiger partial charge is 0.453 e. The normalized spacial score (nSPS) is 14.4. The highest BCUT2D eigenvalue weighted by molar-refractivity contribution is 5.91. The van der Waals surface area contributed by atoms with Crippen molar-refractivity contribution in [2.24, 2.45) is 0 Å². The highest BCUT2D eigenvalue weighted by Crippen LogP contribution is 2.27. The van der Waals surface area contributed by atoms with Gasteiger partial charge in [-0.1, -0.05) is 0 Å². The van der Waals surface area contributed by atoms with Crippen LogP contribution in [0.25, 0.3) is 11.3 Å². The summed E-state index contributed by atoms with van der Waals surface area (Å²) in [4.78, 5) is 42.6. The molecule has 2 N–H and O–H groups in total. The Morgan fingerprint density at radius 1 is 1.37 bits per heavy atom. The number of aromatic nitrogens is 2. The lowest BCUT2D eigenvalue weighted by molar-refractivity contribution is -0.153. The second-order valence-corrected chi connectivity index (χ2v) is 7.35. The van der Waals surface area contributed by atoms with Crippen molar-refractivity contribution in [1.82, 2.24) is 14.5 Å². The van der Waals surface area contributed by atoms with Gasteiger partial charge in [0.15, 0.2) is 0 Å². The van der Waals surface area contributed by atoms with Crippen LogP contribution in [0.5, 0.6) is 0 Å². The molecule has 1 aromatic heterocycles. The van der Waals surface area contributed by atoms with Gasteiger partial charge in [0.2, 0.25) is 5.91 Å². The molecule has 10 heteroatoms. The van der Waals surface area contributed by atoms with E-state index in [1.54, 1.807) is 26.0 Å². The number of β-amino-alcohol motifs (C(OH)–C–C–N with tert-alkyl or cyclic N) is 1. The summed E-state index contributed by atoms with van der Waals surface area (Å²) in [6.07, 6.45) is -0.729. The van der Waals surface area contributed by atoms with Gasteiger partial charge in [0.25, 0.3) is 5.56 Å². The summed E-state index contributed by atoms with van der Waals surface area (Å²) in [5.41, 5.74) is -0.0430. The number of nitrogens with one attached hydrogen (secondary N) is 1. The Kier molecular flexibility index (Phi) is 5.58. The fourth-order valence-corrected chi connectivity index (χ4v) is 3.24. The van der Waals surface area contributed by atoms with Crippen LogP contribution in [0.1, 0.15) is 18.3 Å². The number of nitriles is 1. The zero-order valence-corrected chi connectivity index (χ0v) is 16.8.